The molecule has 0 aromatic heterocycles. The Hall–Kier alpha value is -3.02. The van der Waals surface area contributed by atoms with Gasteiger partial charge in [-0.3, -0.25) is 9.59 Å². The predicted molar refractivity (Wildman–Crippen MR) is 119 cm³/mol. The van der Waals surface area contributed by atoms with E-state index >= 15 is 0 Å². The van der Waals surface area contributed by atoms with E-state index in [0.717, 1.165) is 18.8 Å². The van der Waals surface area contributed by atoms with Gasteiger partial charge in [0.25, 0.3) is 5.91 Å². The number of hydrogen-bond acceptors (Lipinski definition) is 4. The number of carbonyl (C=O) groups excluding carboxylic acids is 2. The fraction of sp³-hybridized carbons (Fsp3) is 0.391. The third kappa shape index (κ3) is 5.98. The Labute approximate surface area is 172 Å². The second-order valence-electron chi connectivity index (χ2n) is 7.67. The van der Waals surface area contributed by atoms with Gasteiger partial charge in [-0.2, -0.15) is 0 Å². The van der Waals surface area contributed by atoms with Crippen molar-refractivity contribution in [2.24, 2.45) is 0 Å². The summed E-state index contributed by atoms with van der Waals surface area (Å²) in [6, 6.07) is 15.2. The molecular formula is C23H30N4O2. The number of hydrogen-bond donors (Lipinski definition) is 3. The van der Waals surface area contributed by atoms with Crippen LogP contribution in [0.5, 0.6) is 0 Å². The summed E-state index contributed by atoms with van der Waals surface area (Å²) in [7, 11) is 0. The lowest BCUT2D eigenvalue weighted by molar-refractivity contribution is -0.114. The Bertz CT molecular complexity index is 827. The molecule has 29 heavy (non-hydrogen) atoms. The summed E-state index contributed by atoms with van der Waals surface area (Å²) in [5.74, 6) is -0.313. The molecule has 2 amide bonds. The molecule has 0 atom stereocenters. The summed E-state index contributed by atoms with van der Waals surface area (Å²) in [5.41, 5.74) is 3.13. The molecule has 1 aliphatic heterocycles. The van der Waals surface area contributed by atoms with Gasteiger partial charge in [0.1, 0.15) is 0 Å². The van der Waals surface area contributed by atoms with Crippen molar-refractivity contribution in [3.05, 3.63) is 54.1 Å². The molecule has 2 aromatic rings. The topological polar surface area (TPSA) is 73.5 Å². The van der Waals surface area contributed by atoms with Gasteiger partial charge in [-0.1, -0.05) is 12.1 Å². The van der Waals surface area contributed by atoms with Crippen LogP contribution in [0.4, 0.5) is 17.1 Å². The summed E-state index contributed by atoms with van der Waals surface area (Å²) in [6.07, 6.45) is 3.78. The molecule has 0 saturated carbocycles. The zero-order valence-corrected chi connectivity index (χ0v) is 17.2. The maximum Gasteiger partial charge on any atom is 0.253 e. The first-order valence-electron chi connectivity index (χ1n) is 10.3. The first-order valence-corrected chi connectivity index (χ1v) is 10.3. The number of piperidine rings is 1. The second-order valence-corrected chi connectivity index (χ2v) is 7.67. The molecule has 0 unspecified atom stereocenters. The van der Waals surface area contributed by atoms with Crippen LogP contribution < -0.4 is 20.9 Å². The van der Waals surface area contributed by atoms with E-state index in [4.69, 9.17) is 0 Å². The van der Waals surface area contributed by atoms with Gasteiger partial charge in [-0.05, 0) is 69.5 Å². The van der Waals surface area contributed by atoms with Crippen molar-refractivity contribution in [2.75, 3.05) is 35.2 Å². The minimum absolute atomic E-state index is 0.0479. The Balaban J connectivity index is 1.54. The van der Waals surface area contributed by atoms with E-state index in [9.17, 15) is 9.59 Å². The van der Waals surface area contributed by atoms with E-state index in [1.807, 2.05) is 38.1 Å². The molecule has 0 aliphatic carbocycles. The molecule has 154 valence electrons. The fourth-order valence-electron chi connectivity index (χ4n) is 3.46. The van der Waals surface area contributed by atoms with Gasteiger partial charge in [-0.15, -0.1) is 0 Å². The number of nitrogens with zero attached hydrogens (tertiary/aromatic N) is 1. The Morgan fingerprint density at radius 2 is 1.66 bits per heavy atom. The number of carbonyl (C=O) groups is 2. The lowest BCUT2D eigenvalue weighted by atomic mass is 10.1. The highest BCUT2D eigenvalue weighted by Crippen LogP contribution is 2.22. The monoisotopic (exact) mass is 394 g/mol. The van der Waals surface area contributed by atoms with Crippen molar-refractivity contribution in [3.8, 4) is 0 Å². The Morgan fingerprint density at radius 1 is 0.966 bits per heavy atom. The lowest BCUT2D eigenvalue weighted by Crippen LogP contribution is -2.31. The maximum absolute atomic E-state index is 12.3. The SMILES string of the molecule is CC(C)NC(=O)c1ccccc1NCC(=O)Nc1ccc(N2CCCCC2)cc1. The normalized spacial score (nSPS) is 13.8. The van der Waals surface area contributed by atoms with Gasteiger partial charge >= 0.3 is 0 Å². The summed E-state index contributed by atoms with van der Waals surface area (Å²) < 4.78 is 0. The van der Waals surface area contributed by atoms with Gasteiger partial charge in [0.2, 0.25) is 5.91 Å². The van der Waals surface area contributed by atoms with Crippen molar-refractivity contribution >= 4 is 28.9 Å². The van der Waals surface area contributed by atoms with Crippen LogP contribution >= 0.6 is 0 Å². The predicted octanol–water partition coefficient (Wildman–Crippen LogP) is 3.87. The van der Waals surface area contributed by atoms with Crippen molar-refractivity contribution in [3.63, 3.8) is 0 Å². The van der Waals surface area contributed by atoms with Crippen LogP contribution in [0, 0.1) is 0 Å². The van der Waals surface area contributed by atoms with Crippen molar-refractivity contribution in [2.45, 2.75) is 39.2 Å². The third-order valence-electron chi connectivity index (χ3n) is 4.90. The maximum atomic E-state index is 12.3. The standard InChI is InChI=1S/C23H30N4O2/c1-17(2)25-23(29)20-8-4-5-9-21(20)24-16-22(28)26-18-10-12-19(13-11-18)27-14-6-3-7-15-27/h4-5,8-13,17,24H,3,6-7,14-16H2,1-2H3,(H,25,29)(H,26,28). The number of nitrogens with one attached hydrogen (secondary N) is 3. The van der Waals surface area contributed by atoms with Gasteiger partial charge < -0.3 is 20.9 Å². The van der Waals surface area contributed by atoms with Crippen molar-refractivity contribution in [1.82, 2.24) is 5.32 Å². The first-order chi connectivity index (χ1) is 14.0. The fourth-order valence-corrected chi connectivity index (χ4v) is 3.46. The number of amides is 2. The highest BCUT2D eigenvalue weighted by molar-refractivity contribution is 6.01. The molecule has 0 bridgehead atoms. The van der Waals surface area contributed by atoms with Gasteiger partial charge in [0, 0.05) is 36.2 Å². The quantitative estimate of drug-likeness (QED) is 0.667. The Kier molecular flexibility index (Phi) is 7.11. The highest BCUT2D eigenvalue weighted by atomic mass is 16.2. The van der Waals surface area contributed by atoms with Crippen molar-refractivity contribution in [1.29, 1.82) is 0 Å². The minimum Gasteiger partial charge on any atom is -0.376 e. The number of anilines is 3. The third-order valence-corrected chi connectivity index (χ3v) is 4.90. The van der Waals surface area contributed by atoms with Gasteiger partial charge in [0.05, 0.1) is 12.1 Å². The molecule has 3 N–H and O–H groups in total. The van der Waals surface area contributed by atoms with Crippen LogP contribution in [-0.4, -0.2) is 37.5 Å². The zero-order valence-electron chi connectivity index (χ0n) is 17.2. The molecular weight excluding hydrogens is 364 g/mol. The van der Waals surface area contributed by atoms with Crippen molar-refractivity contribution < 1.29 is 9.59 Å². The van der Waals surface area contributed by atoms with E-state index in [0.29, 0.717) is 11.3 Å². The lowest BCUT2D eigenvalue weighted by Gasteiger charge is -2.28. The van der Waals surface area contributed by atoms with E-state index in [-0.39, 0.29) is 24.4 Å². The van der Waals surface area contributed by atoms with E-state index in [2.05, 4.69) is 33.0 Å². The average molecular weight is 395 g/mol. The molecule has 1 heterocycles. The van der Waals surface area contributed by atoms with Crippen LogP contribution in [0.25, 0.3) is 0 Å². The molecule has 2 aromatic carbocycles. The summed E-state index contributed by atoms with van der Waals surface area (Å²) in [4.78, 5) is 27.0. The minimum atomic E-state index is -0.158. The summed E-state index contributed by atoms with van der Waals surface area (Å²) in [5, 5.41) is 8.85. The van der Waals surface area contributed by atoms with Crippen LogP contribution in [0.1, 0.15) is 43.5 Å². The molecule has 6 nitrogen and oxygen atoms in total. The van der Waals surface area contributed by atoms with Gasteiger partial charge in [0.15, 0.2) is 0 Å². The molecule has 1 aliphatic rings. The molecule has 3 rings (SSSR count). The highest BCUT2D eigenvalue weighted by Gasteiger charge is 2.13. The average Bonchev–Trinajstić information content (AvgIpc) is 2.73. The van der Waals surface area contributed by atoms with Gasteiger partial charge in [-0.25, -0.2) is 0 Å². The Morgan fingerprint density at radius 3 is 2.34 bits per heavy atom. The number of para-hydroxylation sites is 1. The number of benzene rings is 2. The zero-order chi connectivity index (χ0) is 20.6. The van der Waals surface area contributed by atoms with Crippen LogP contribution in [0.3, 0.4) is 0 Å². The van der Waals surface area contributed by atoms with Crippen LogP contribution in [0.2, 0.25) is 0 Å². The molecule has 0 radical (unpaired) electrons. The largest absolute Gasteiger partial charge is 0.376 e. The first kappa shape index (κ1) is 20.7. The molecule has 0 spiro atoms. The summed E-state index contributed by atoms with van der Waals surface area (Å²) >= 11 is 0. The van der Waals surface area contributed by atoms with E-state index in [1.54, 1.807) is 12.1 Å². The van der Waals surface area contributed by atoms with Crippen LogP contribution in [-0.2, 0) is 4.79 Å². The molecule has 1 fully saturated rings. The van der Waals surface area contributed by atoms with E-state index < -0.39 is 0 Å². The van der Waals surface area contributed by atoms with E-state index in [1.165, 1.54) is 24.9 Å². The smallest absolute Gasteiger partial charge is 0.253 e. The molecule has 6 heteroatoms. The molecule has 1 saturated heterocycles. The second kappa shape index (κ2) is 9.96. The summed E-state index contributed by atoms with van der Waals surface area (Å²) in [6.45, 7) is 6.11. The number of rotatable bonds is 7. The van der Waals surface area contributed by atoms with Crippen LogP contribution in [0.15, 0.2) is 48.5 Å².